The summed E-state index contributed by atoms with van der Waals surface area (Å²) >= 11 is 1.58. The van der Waals surface area contributed by atoms with Crippen molar-refractivity contribution in [2.24, 2.45) is 0 Å². The molecule has 2 heterocycles. The Bertz CT molecular complexity index is 735. The molecule has 1 aromatic carbocycles. The first kappa shape index (κ1) is 12.6. The number of thioether (sulfide) groups is 1. The number of hydrogen-bond acceptors (Lipinski definition) is 6. The fourth-order valence-corrected chi connectivity index (χ4v) is 2.91. The summed E-state index contributed by atoms with van der Waals surface area (Å²) in [6.07, 6.45) is 2.33. The van der Waals surface area contributed by atoms with E-state index in [9.17, 15) is 0 Å². The highest BCUT2D eigenvalue weighted by atomic mass is 32.2. The highest BCUT2D eigenvalue weighted by molar-refractivity contribution is 7.98. The van der Waals surface area contributed by atoms with E-state index in [0.29, 0.717) is 11.8 Å². The summed E-state index contributed by atoms with van der Waals surface area (Å²) in [5.41, 5.74) is 1.91. The van der Waals surface area contributed by atoms with Crippen molar-refractivity contribution < 1.29 is 4.52 Å². The Kier molecular flexibility index (Phi) is 3.19. The minimum atomic E-state index is 0.483. The molecule has 0 radical (unpaired) electrons. The second kappa shape index (κ2) is 5.33. The molecule has 1 fully saturated rings. The monoisotopic (exact) mass is 299 g/mol. The van der Waals surface area contributed by atoms with Crippen molar-refractivity contribution in [2.75, 3.05) is 0 Å². The van der Waals surface area contributed by atoms with Crippen molar-refractivity contribution in [3.05, 3.63) is 42.2 Å². The largest absolute Gasteiger partial charge is 0.360 e. The number of nitrogens with zero attached hydrogens (tertiary/aromatic N) is 5. The van der Waals surface area contributed by atoms with E-state index in [0.717, 1.165) is 22.2 Å². The van der Waals surface area contributed by atoms with Crippen LogP contribution in [-0.2, 0) is 5.75 Å². The standard InChI is InChI=1S/C14H13N5OS/c1-2-4-10(5-3-1)13-8-12(20-16-13)9-21-14-15-17-18-19(14)11-6-7-11/h1-5,8,11H,6-7,9H2. The first-order chi connectivity index (χ1) is 10.4. The smallest absolute Gasteiger partial charge is 0.210 e. The highest BCUT2D eigenvalue weighted by Crippen LogP contribution is 2.37. The summed E-state index contributed by atoms with van der Waals surface area (Å²) in [4.78, 5) is 0. The van der Waals surface area contributed by atoms with Crippen LogP contribution >= 0.6 is 11.8 Å². The molecule has 0 saturated heterocycles. The van der Waals surface area contributed by atoms with Crippen LogP contribution in [0.4, 0.5) is 0 Å². The molecular weight excluding hydrogens is 286 g/mol. The first-order valence-electron chi connectivity index (χ1n) is 6.82. The minimum absolute atomic E-state index is 0.483. The molecule has 3 aromatic rings. The van der Waals surface area contributed by atoms with Gasteiger partial charge >= 0.3 is 0 Å². The van der Waals surface area contributed by atoms with Crippen LogP contribution in [0.1, 0.15) is 24.6 Å². The predicted octanol–water partition coefficient (Wildman–Crippen LogP) is 2.96. The van der Waals surface area contributed by atoms with Crippen LogP contribution in [-0.4, -0.2) is 25.4 Å². The van der Waals surface area contributed by atoms with E-state index in [1.807, 2.05) is 41.1 Å². The van der Waals surface area contributed by atoms with Crippen LogP contribution < -0.4 is 0 Å². The lowest BCUT2D eigenvalue weighted by Crippen LogP contribution is -1.98. The second-order valence-electron chi connectivity index (χ2n) is 4.97. The number of hydrogen-bond donors (Lipinski definition) is 0. The van der Waals surface area contributed by atoms with Gasteiger partial charge in [0.25, 0.3) is 0 Å². The summed E-state index contributed by atoms with van der Waals surface area (Å²) in [6.45, 7) is 0. The highest BCUT2D eigenvalue weighted by Gasteiger charge is 2.28. The maximum absolute atomic E-state index is 5.38. The normalized spacial score (nSPS) is 14.5. The van der Waals surface area contributed by atoms with Crippen LogP contribution in [0.15, 0.2) is 46.1 Å². The van der Waals surface area contributed by atoms with Crippen molar-refractivity contribution >= 4 is 11.8 Å². The lowest BCUT2D eigenvalue weighted by atomic mass is 10.1. The molecule has 0 aliphatic heterocycles. The molecule has 0 unspecified atom stereocenters. The fraction of sp³-hybridized carbons (Fsp3) is 0.286. The van der Waals surface area contributed by atoms with Gasteiger partial charge in [-0.3, -0.25) is 0 Å². The van der Waals surface area contributed by atoms with E-state index in [1.54, 1.807) is 11.8 Å². The van der Waals surface area contributed by atoms with Crippen LogP contribution in [0.5, 0.6) is 0 Å². The molecule has 7 heteroatoms. The van der Waals surface area contributed by atoms with Gasteiger partial charge in [0.1, 0.15) is 11.5 Å². The summed E-state index contributed by atoms with van der Waals surface area (Å²) < 4.78 is 7.29. The third-order valence-electron chi connectivity index (χ3n) is 3.33. The average Bonchev–Trinajstić information content (AvgIpc) is 3.09. The lowest BCUT2D eigenvalue weighted by Gasteiger charge is -1.99. The summed E-state index contributed by atoms with van der Waals surface area (Å²) in [6, 6.07) is 12.4. The first-order valence-corrected chi connectivity index (χ1v) is 7.80. The molecular formula is C14H13N5OS. The zero-order valence-corrected chi connectivity index (χ0v) is 12.0. The average molecular weight is 299 g/mol. The molecule has 0 atom stereocenters. The van der Waals surface area contributed by atoms with Gasteiger partial charge in [-0.15, -0.1) is 5.10 Å². The van der Waals surface area contributed by atoms with Gasteiger partial charge in [-0.1, -0.05) is 47.3 Å². The van der Waals surface area contributed by atoms with Crippen LogP contribution in [0.2, 0.25) is 0 Å². The van der Waals surface area contributed by atoms with Crippen LogP contribution in [0.3, 0.4) is 0 Å². The van der Waals surface area contributed by atoms with Gasteiger partial charge in [-0.05, 0) is 23.3 Å². The molecule has 6 nitrogen and oxygen atoms in total. The van der Waals surface area contributed by atoms with Gasteiger partial charge in [0, 0.05) is 11.6 Å². The van der Waals surface area contributed by atoms with Gasteiger partial charge in [0.2, 0.25) is 5.16 Å². The Morgan fingerprint density at radius 1 is 1.24 bits per heavy atom. The van der Waals surface area contributed by atoms with Crippen LogP contribution in [0, 0.1) is 0 Å². The predicted molar refractivity (Wildman–Crippen MR) is 77.6 cm³/mol. The molecule has 1 aliphatic carbocycles. The van der Waals surface area contributed by atoms with Crippen molar-refractivity contribution in [1.82, 2.24) is 25.4 Å². The lowest BCUT2D eigenvalue weighted by molar-refractivity contribution is 0.397. The molecule has 0 bridgehead atoms. The Balaban J connectivity index is 1.46. The van der Waals surface area contributed by atoms with E-state index in [1.165, 1.54) is 12.8 Å². The Labute approximate surface area is 125 Å². The van der Waals surface area contributed by atoms with Crippen molar-refractivity contribution in [2.45, 2.75) is 29.8 Å². The molecule has 1 aliphatic rings. The summed E-state index contributed by atoms with van der Waals surface area (Å²) in [5.74, 6) is 1.50. The van der Waals surface area contributed by atoms with E-state index >= 15 is 0 Å². The maximum Gasteiger partial charge on any atom is 0.210 e. The third kappa shape index (κ3) is 2.69. The molecule has 1 saturated carbocycles. The SMILES string of the molecule is c1ccc(-c2cc(CSc3nnnn3C3CC3)on2)cc1. The van der Waals surface area contributed by atoms with E-state index in [4.69, 9.17) is 4.52 Å². The van der Waals surface area contributed by atoms with Gasteiger partial charge in [-0.2, -0.15) is 0 Å². The van der Waals surface area contributed by atoms with E-state index < -0.39 is 0 Å². The quantitative estimate of drug-likeness (QED) is 0.675. The Morgan fingerprint density at radius 3 is 2.90 bits per heavy atom. The minimum Gasteiger partial charge on any atom is -0.360 e. The summed E-state index contributed by atoms with van der Waals surface area (Å²) in [7, 11) is 0. The Hall–Kier alpha value is -2.15. The molecule has 21 heavy (non-hydrogen) atoms. The molecule has 4 rings (SSSR count). The van der Waals surface area contributed by atoms with Gasteiger partial charge in [0.15, 0.2) is 0 Å². The Morgan fingerprint density at radius 2 is 2.10 bits per heavy atom. The van der Waals surface area contributed by atoms with E-state index in [-0.39, 0.29) is 0 Å². The molecule has 0 spiro atoms. The van der Waals surface area contributed by atoms with Crippen molar-refractivity contribution in [1.29, 1.82) is 0 Å². The van der Waals surface area contributed by atoms with Gasteiger partial charge in [-0.25, -0.2) is 4.68 Å². The number of rotatable bonds is 5. The third-order valence-corrected chi connectivity index (χ3v) is 4.28. The van der Waals surface area contributed by atoms with Crippen molar-refractivity contribution in [3.63, 3.8) is 0 Å². The topological polar surface area (TPSA) is 69.6 Å². The number of benzene rings is 1. The van der Waals surface area contributed by atoms with E-state index in [2.05, 4.69) is 20.7 Å². The fourth-order valence-electron chi connectivity index (χ4n) is 2.09. The molecule has 0 N–H and O–H groups in total. The van der Waals surface area contributed by atoms with Gasteiger partial charge in [0.05, 0.1) is 11.8 Å². The molecule has 2 aromatic heterocycles. The zero-order chi connectivity index (χ0) is 14.1. The maximum atomic E-state index is 5.38. The number of tetrazole rings is 1. The molecule has 106 valence electrons. The van der Waals surface area contributed by atoms with Crippen molar-refractivity contribution in [3.8, 4) is 11.3 Å². The summed E-state index contributed by atoms with van der Waals surface area (Å²) in [5, 5.41) is 16.8. The van der Waals surface area contributed by atoms with Crippen LogP contribution in [0.25, 0.3) is 11.3 Å². The zero-order valence-electron chi connectivity index (χ0n) is 11.2. The number of aromatic nitrogens is 5. The molecule has 0 amide bonds. The van der Waals surface area contributed by atoms with Gasteiger partial charge < -0.3 is 4.52 Å². The second-order valence-corrected chi connectivity index (χ2v) is 5.91.